The van der Waals surface area contributed by atoms with Crippen molar-refractivity contribution in [3.05, 3.63) is 60.2 Å². The van der Waals surface area contributed by atoms with Gasteiger partial charge in [-0.15, -0.1) is 0 Å². The highest BCUT2D eigenvalue weighted by atomic mass is 16.5. The molecule has 5 nitrogen and oxygen atoms in total. The topological polar surface area (TPSA) is 58.6 Å². The summed E-state index contributed by atoms with van der Waals surface area (Å²) in [5.74, 6) is 0.495. The standard InChI is InChI=1S/C21H24N2O3/c24-20(23-14-6-1-2-7-15-23)16-26-19-12-10-18(11-13-19)22-21(25)17-8-4-3-5-9-17/h3-5,8-13H,1-2,6-7,14-16H2,(H,22,25). The number of benzene rings is 2. The van der Waals surface area contributed by atoms with Crippen molar-refractivity contribution in [1.82, 2.24) is 4.90 Å². The van der Waals surface area contributed by atoms with E-state index >= 15 is 0 Å². The van der Waals surface area contributed by atoms with Crippen LogP contribution in [-0.2, 0) is 4.79 Å². The third kappa shape index (κ3) is 5.09. The van der Waals surface area contributed by atoms with Crippen LogP contribution in [0.3, 0.4) is 0 Å². The predicted octanol–water partition coefficient (Wildman–Crippen LogP) is 3.72. The number of anilines is 1. The molecule has 0 aromatic heterocycles. The molecule has 0 unspecified atom stereocenters. The third-order valence-corrected chi connectivity index (χ3v) is 4.47. The fourth-order valence-electron chi connectivity index (χ4n) is 2.98. The maximum absolute atomic E-state index is 12.2. The van der Waals surface area contributed by atoms with Crippen molar-refractivity contribution in [2.24, 2.45) is 0 Å². The van der Waals surface area contributed by atoms with Gasteiger partial charge in [-0.2, -0.15) is 0 Å². The summed E-state index contributed by atoms with van der Waals surface area (Å²) in [6.07, 6.45) is 4.53. The molecule has 136 valence electrons. The molecule has 2 amide bonds. The van der Waals surface area contributed by atoms with Crippen molar-refractivity contribution >= 4 is 17.5 Å². The third-order valence-electron chi connectivity index (χ3n) is 4.47. The first-order valence-electron chi connectivity index (χ1n) is 9.09. The van der Waals surface area contributed by atoms with Gasteiger partial charge in [-0.25, -0.2) is 0 Å². The van der Waals surface area contributed by atoms with Crippen molar-refractivity contribution in [2.75, 3.05) is 25.0 Å². The number of hydrogen-bond acceptors (Lipinski definition) is 3. The van der Waals surface area contributed by atoms with Gasteiger partial charge in [0.25, 0.3) is 11.8 Å². The van der Waals surface area contributed by atoms with Crippen LogP contribution in [0.25, 0.3) is 0 Å². The highest BCUT2D eigenvalue weighted by Gasteiger charge is 2.15. The van der Waals surface area contributed by atoms with E-state index < -0.39 is 0 Å². The van der Waals surface area contributed by atoms with Gasteiger partial charge in [0.2, 0.25) is 0 Å². The Morgan fingerprint density at radius 2 is 1.54 bits per heavy atom. The Hall–Kier alpha value is -2.82. The minimum Gasteiger partial charge on any atom is -0.484 e. The number of ether oxygens (including phenoxy) is 1. The SMILES string of the molecule is O=C(Nc1ccc(OCC(=O)N2CCCCCC2)cc1)c1ccccc1. The molecule has 1 aliphatic rings. The lowest BCUT2D eigenvalue weighted by molar-refractivity contribution is -0.133. The van der Waals surface area contributed by atoms with Gasteiger partial charge in [0, 0.05) is 24.3 Å². The van der Waals surface area contributed by atoms with Gasteiger partial charge < -0.3 is 15.0 Å². The van der Waals surface area contributed by atoms with Crippen LogP contribution in [0, 0.1) is 0 Å². The largest absolute Gasteiger partial charge is 0.484 e. The van der Waals surface area contributed by atoms with Gasteiger partial charge in [-0.05, 0) is 49.2 Å². The molecule has 1 N–H and O–H groups in total. The van der Waals surface area contributed by atoms with Gasteiger partial charge >= 0.3 is 0 Å². The van der Waals surface area contributed by atoms with E-state index in [1.54, 1.807) is 36.4 Å². The molecule has 0 aliphatic carbocycles. The van der Waals surface area contributed by atoms with Crippen LogP contribution in [0.5, 0.6) is 5.75 Å². The highest BCUT2D eigenvalue weighted by molar-refractivity contribution is 6.04. The lowest BCUT2D eigenvalue weighted by Crippen LogP contribution is -2.35. The van der Waals surface area contributed by atoms with Gasteiger partial charge in [0.1, 0.15) is 5.75 Å². The fourth-order valence-corrected chi connectivity index (χ4v) is 2.98. The van der Waals surface area contributed by atoms with Crippen molar-refractivity contribution in [3.8, 4) is 5.75 Å². The number of likely N-dealkylation sites (tertiary alicyclic amines) is 1. The zero-order valence-electron chi connectivity index (χ0n) is 14.8. The van der Waals surface area contributed by atoms with Crippen LogP contribution in [0.1, 0.15) is 36.0 Å². The fraction of sp³-hybridized carbons (Fsp3) is 0.333. The van der Waals surface area contributed by atoms with Crippen molar-refractivity contribution in [3.63, 3.8) is 0 Å². The lowest BCUT2D eigenvalue weighted by Gasteiger charge is -2.20. The van der Waals surface area contributed by atoms with Gasteiger partial charge in [0.05, 0.1) is 0 Å². The van der Waals surface area contributed by atoms with E-state index in [1.807, 2.05) is 23.1 Å². The summed E-state index contributed by atoms with van der Waals surface area (Å²) in [5.41, 5.74) is 1.29. The second kappa shape index (κ2) is 9.04. The molecule has 2 aromatic rings. The number of nitrogens with one attached hydrogen (secondary N) is 1. The Morgan fingerprint density at radius 1 is 0.885 bits per heavy atom. The molecular formula is C21H24N2O3. The van der Waals surface area contributed by atoms with Crippen molar-refractivity contribution in [2.45, 2.75) is 25.7 Å². The molecule has 1 aliphatic heterocycles. The molecule has 5 heteroatoms. The van der Waals surface area contributed by atoms with Crippen molar-refractivity contribution < 1.29 is 14.3 Å². The molecule has 0 radical (unpaired) electrons. The van der Waals surface area contributed by atoms with Crippen LogP contribution < -0.4 is 10.1 Å². The van der Waals surface area contributed by atoms with Gasteiger partial charge in [-0.1, -0.05) is 31.0 Å². The Balaban J connectivity index is 1.49. The van der Waals surface area contributed by atoms with E-state index in [4.69, 9.17) is 4.74 Å². The quantitative estimate of drug-likeness (QED) is 0.892. The molecule has 1 saturated heterocycles. The summed E-state index contributed by atoms with van der Waals surface area (Å²) in [6.45, 7) is 1.70. The highest BCUT2D eigenvalue weighted by Crippen LogP contribution is 2.17. The molecular weight excluding hydrogens is 328 g/mol. The monoisotopic (exact) mass is 352 g/mol. The zero-order chi connectivity index (χ0) is 18.2. The van der Waals surface area contributed by atoms with E-state index in [0.29, 0.717) is 17.0 Å². The molecule has 26 heavy (non-hydrogen) atoms. The Morgan fingerprint density at radius 3 is 2.19 bits per heavy atom. The minimum absolute atomic E-state index is 0.0355. The van der Waals surface area contributed by atoms with E-state index in [-0.39, 0.29) is 18.4 Å². The van der Waals surface area contributed by atoms with E-state index in [2.05, 4.69) is 5.32 Å². The molecule has 1 heterocycles. The van der Waals surface area contributed by atoms with E-state index in [0.717, 1.165) is 25.9 Å². The van der Waals surface area contributed by atoms with Gasteiger partial charge in [0.15, 0.2) is 6.61 Å². The summed E-state index contributed by atoms with van der Waals surface area (Å²) >= 11 is 0. The molecule has 2 aromatic carbocycles. The Kier molecular flexibility index (Phi) is 6.25. The summed E-state index contributed by atoms with van der Waals surface area (Å²) in [4.78, 5) is 26.3. The normalized spacial score (nSPS) is 14.4. The van der Waals surface area contributed by atoms with Gasteiger partial charge in [-0.3, -0.25) is 9.59 Å². The number of nitrogens with zero attached hydrogens (tertiary/aromatic N) is 1. The molecule has 0 saturated carbocycles. The Bertz CT molecular complexity index is 721. The second-order valence-corrected chi connectivity index (χ2v) is 6.43. The van der Waals surface area contributed by atoms with Crippen LogP contribution in [0.2, 0.25) is 0 Å². The first-order chi connectivity index (χ1) is 12.7. The molecule has 0 atom stereocenters. The van der Waals surface area contributed by atoms with Crippen LogP contribution in [-0.4, -0.2) is 36.4 Å². The smallest absolute Gasteiger partial charge is 0.260 e. The summed E-state index contributed by atoms with van der Waals surface area (Å²) in [7, 11) is 0. The summed E-state index contributed by atoms with van der Waals surface area (Å²) in [5, 5.41) is 2.84. The summed E-state index contributed by atoms with van der Waals surface area (Å²) in [6, 6.07) is 16.1. The van der Waals surface area contributed by atoms with Crippen LogP contribution >= 0.6 is 0 Å². The van der Waals surface area contributed by atoms with Crippen LogP contribution in [0.4, 0.5) is 5.69 Å². The van der Waals surface area contributed by atoms with Crippen LogP contribution in [0.15, 0.2) is 54.6 Å². The number of carbonyl (C=O) groups excluding carboxylic acids is 2. The predicted molar refractivity (Wildman–Crippen MR) is 101 cm³/mol. The molecule has 0 bridgehead atoms. The molecule has 3 rings (SSSR count). The van der Waals surface area contributed by atoms with E-state index in [9.17, 15) is 9.59 Å². The molecule has 1 fully saturated rings. The second-order valence-electron chi connectivity index (χ2n) is 6.43. The first kappa shape index (κ1) is 18.0. The maximum atomic E-state index is 12.2. The number of carbonyl (C=O) groups is 2. The average Bonchev–Trinajstić information content (AvgIpc) is 2.97. The maximum Gasteiger partial charge on any atom is 0.260 e. The number of hydrogen-bond donors (Lipinski definition) is 1. The molecule has 0 spiro atoms. The van der Waals surface area contributed by atoms with Crippen molar-refractivity contribution in [1.29, 1.82) is 0 Å². The summed E-state index contributed by atoms with van der Waals surface area (Å²) < 4.78 is 5.60. The van der Waals surface area contributed by atoms with E-state index in [1.165, 1.54) is 12.8 Å². The Labute approximate surface area is 154 Å². The number of rotatable bonds is 5. The average molecular weight is 352 g/mol. The number of amides is 2. The first-order valence-corrected chi connectivity index (χ1v) is 9.09. The zero-order valence-corrected chi connectivity index (χ0v) is 14.8. The minimum atomic E-state index is -0.157. The lowest BCUT2D eigenvalue weighted by atomic mass is 10.2.